The van der Waals surface area contributed by atoms with Gasteiger partial charge in [0.05, 0.1) is 30.6 Å². The first-order valence-electron chi connectivity index (χ1n) is 12.5. The Morgan fingerprint density at radius 3 is 2.81 bits per heavy atom. The lowest BCUT2D eigenvalue weighted by atomic mass is 9.95. The molecule has 3 heterocycles. The van der Waals surface area contributed by atoms with E-state index in [0.717, 1.165) is 30.5 Å². The van der Waals surface area contributed by atoms with Gasteiger partial charge in [-0.05, 0) is 80.1 Å². The van der Waals surface area contributed by atoms with Crippen molar-refractivity contribution in [2.45, 2.75) is 45.2 Å². The molecule has 2 aromatic heterocycles. The largest absolute Gasteiger partial charge is 0.492 e. The zero-order valence-corrected chi connectivity index (χ0v) is 21.0. The van der Waals surface area contributed by atoms with E-state index in [-0.39, 0.29) is 11.8 Å². The molecule has 6 rings (SSSR count). The monoisotopic (exact) mass is 501 g/mol. The van der Waals surface area contributed by atoms with Crippen molar-refractivity contribution in [1.29, 1.82) is 0 Å². The number of para-hydroxylation sites is 2. The van der Waals surface area contributed by atoms with E-state index < -0.39 is 6.04 Å². The molecule has 0 radical (unpaired) electrons. The smallest absolute Gasteiger partial charge is 0.323 e. The van der Waals surface area contributed by atoms with E-state index in [4.69, 9.17) is 4.74 Å². The maximum Gasteiger partial charge on any atom is 0.323 e. The number of carbonyl (C=O) groups excluding carboxylic acids is 1. The Kier molecular flexibility index (Phi) is 6.01. The third-order valence-corrected chi connectivity index (χ3v) is 8.37. The summed E-state index contributed by atoms with van der Waals surface area (Å²) >= 11 is 1.84. The van der Waals surface area contributed by atoms with Gasteiger partial charge in [-0.1, -0.05) is 24.3 Å². The van der Waals surface area contributed by atoms with Crippen LogP contribution in [0.4, 0.5) is 14.9 Å². The van der Waals surface area contributed by atoms with Gasteiger partial charge in [0.25, 0.3) is 0 Å². The lowest BCUT2D eigenvalue weighted by Crippen LogP contribution is -2.38. The Morgan fingerprint density at radius 2 is 1.94 bits per heavy atom. The molecule has 1 N–H and O–H groups in total. The van der Waals surface area contributed by atoms with E-state index in [9.17, 15) is 9.18 Å². The Balaban J connectivity index is 1.49. The van der Waals surface area contributed by atoms with Gasteiger partial charge in [0.15, 0.2) is 0 Å². The molecular formula is C29H28FN3O2S. The van der Waals surface area contributed by atoms with E-state index in [1.807, 2.05) is 65.6 Å². The number of amides is 2. The van der Waals surface area contributed by atoms with Crippen LogP contribution in [0.15, 0.2) is 66.9 Å². The first-order chi connectivity index (χ1) is 17.6. The number of benzene rings is 2. The molecule has 36 heavy (non-hydrogen) atoms. The molecule has 0 saturated heterocycles. The maximum absolute atomic E-state index is 14.4. The molecule has 0 fully saturated rings. The SMILES string of the molecule is CCOc1ccccc1NC(=O)N1Cc2c(sc3c2CCCC3)-n2cccc2[C@@H]1c1cccc(F)c1. The van der Waals surface area contributed by atoms with Gasteiger partial charge in [-0.15, -0.1) is 11.3 Å². The highest BCUT2D eigenvalue weighted by Gasteiger charge is 2.36. The Bertz CT molecular complexity index is 1430. The van der Waals surface area contributed by atoms with Crippen molar-refractivity contribution in [1.82, 2.24) is 9.47 Å². The molecule has 7 heteroatoms. The second-order valence-electron chi connectivity index (χ2n) is 9.24. The summed E-state index contributed by atoms with van der Waals surface area (Å²) in [5, 5.41) is 4.27. The molecule has 0 unspecified atom stereocenters. The zero-order chi connectivity index (χ0) is 24.6. The summed E-state index contributed by atoms with van der Waals surface area (Å²) in [7, 11) is 0. The lowest BCUT2D eigenvalue weighted by Gasteiger charge is -2.31. The fraction of sp³-hybridized carbons (Fsp3) is 0.276. The number of ether oxygens (including phenoxy) is 1. The molecule has 1 aliphatic carbocycles. The van der Waals surface area contributed by atoms with Gasteiger partial charge in [0.1, 0.15) is 16.6 Å². The number of carbonyl (C=O) groups is 1. The van der Waals surface area contributed by atoms with E-state index in [1.54, 1.807) is 6.07 Å². The first-order valence-corrected chi connectivity index (χ1v) is 13.3. The summed E-state index contributed by atoms with van der Waals surface area (Å²) in [4.78, 5) is 17.3. The standard InChI is InChI=1S/C29H28FN3O2S/c1-2-35-25-14-5-4-12-23(25)31-29(34)33-18-22-21-11-3-6-15-26(21)36-28(22)32-16-8-13-24(32)27(33)19-9-7-10-20(30)17-19/h4-5,7-10,12-14,16-17,27H,2-3,6,11,15,18H2,1H3,(H,31,34)/t27-/m0/s1. The molecule has 0 saturated carbocycles. The molecule has 5 nitrogen and oxygen atoms in total. The number of fused-ring (bicyclic) bond motifs is 5. The Morgan fingerprint density at radius 1 is 1.08 bits per heavy atom. The van der Waals surface area contributed by atoms with Crippen molar-refractivity contribution in [3.8, 4) is 10.8 Å². The molecule has 2 aliphatic rings. The molecule has 2 amide bonds. The summed E-state index contributed by atoms with van der Waals surface area (Å²) in [6.07, 6.45) is 6.55. The van der Waals surface area contributed by atoms with Crippen LogP contribution in [0.5, 0.6) is 5.75 Å². The molecule has 1 aliphatic heterocycles. The van der Waals surface area contributed by atoms with Gasteiger partial charge in [0.2, 0.25) is 0 Å². The van der Waals surface area contributed by atoms with Crippen LogP contribution in [0.2, 0.25) is 0 Å². The number of hydrogen-bond donors (Lipinski definition) is 1. The predicted molar refractivity (Wildman–Crippen MR) is 141 cm³/mol. The summed E-state index contributed by atoms with van der Waals surface area (Å²) in [6.45, 7) is 2.87. The first kappa shape index (κ1) is 22.9. The average molecular weight is 502 g/mol. The van der Waals surface area contributed by atoms with Crippen molar-refractivity contribution in [3.05, 3.63) is 99.9 Å². The van der Waals surface area contributed by atoms with Crippen molar-refractivity contribution in [2.24, 2.45) is 0 Å². The molecule has 1 atom stereocenters. The van der Waals surface area contributed by atoms with Crippen LogP contribution in [0.25, 0.3) is 5.00 Å². The highest BCUT2D eigenvalue weighted by atomic mass is 32.1. The number of hydrogen-bond acceptors (Lipinski definition) is 3. The number of urea groups is 1. The molecule has 0 spiro atoms. The normalized spacial score (nSPS) is 16.5. The van der Waals surface area contributed by atoms with Crippen LogP contribution < -0.4 is 10.1 Å². The van der Waals surface area contributed by atoms with Crippen LogP contribution in [0, 0.1) is 5.82 Å². The predicted octanol–water partition coefficient (Wildman–Crippen LogP) is 7.09. The third kappa shape index (κ3) is 3.97. The third-order valence-electron chi connectivity index (χ3n) is 7.03. The van der Waals surface area contributed by atoms with Crippen LogP contribution in [-0.4, -0.2) is 22.1 Å². The molecule has 184 valence electrons. The van der Waals surface area contributed by atoms with Crippen molar-refractivity contribution < 1.29 is 13.9 Å². The van der Waals surface area contributed by atoms with Crippen LogP contribution in [0.1, 0.15) is 53.1 Å². The average Bonchev–Trinajstić information content (AvgIpc) is 3.47. The second-order valence-corrected chi connectivity index (χ2v) is 10.3. The number of anilines is 1. The number of halogens is 1. The minimum atomic E-state index is -0.450. The van der Waals surface area contributed by atoms with E-state index >= 15 is 0 Å². The van der Waals surface area contributed by atoms with Gasteiger partial charge in [-0.2, -0.15) is 0 Å². The number of aromatic nitrogens is 1. The van der Waals surface area contributed by atoms with Gasteiger partial charge < -0.3 is 19.5 Å². The summed E-state index contributed by atoms with van der Waals surface area (Å²) < 4.78 is 22.4. The zero-order valence-electron chi connectivity index (χ0n) is 20.2. The maximum atomic E-state index is 14.4. The second kappa shape index (κ2) is 9.47. The molecule has 4 aromatic rings. The van der Waals surface area contributed by atoms with E-state index in [0.29, 0.717) is 24.6 Å². The number of thiophene rings is 1. The van der Waals surface area contributed by atoms with Gasteiger partial charge in [0, 0.05) is 16.6 Å². The lowest BCUT2D eigenvalue weighted by molar-refractivity contribution is 0.194. The van der Waals surface area contributed by atoms with E-state index in [2.05, 4.69) is 16.1 Å². The summed E-state index contributed by atoms with van der Waals surface area (Å²) in [6, 6.07) is 17.4. The van der Waals surface area contributed by atoms with Crippen LogP contribution in [0.3, 0.4) is 0 Å². The van der Waals surface area contributed by atoms with Crippen molar-refractivity contribution >= 4 is 23.1 Å². The van der Waals surface area contributed by atoms with Crippen molar-refractivity contribution in [2.75, 3.05) is 11.9 Å². The Labute approximate surface area is 214 Å². The number of nitrogens with zero attached hydrogens (tertiary/aromatic N) is 2. The van der Waals surface area contributed by atoms with Crippen LogP contribution >= 0.6 is 11.3 Å². The minimum absolute atomic E-state index is 0.243. The van der Waals surface area contributed by atoms with E-state index in [1.165, 1.54) is 39.6 Å². The fourth-order valence-electron chi connectivity index (χ4n) is 5.45. The van der Waals surface area contributed by atoms with Gasteiger partial charge in [-0.3, -0.25) is 0 Å². The topological polar surface area (TPSA) is 46.5 Å². The highest BCUT2D eigenvalue weighted by molar-refractivity contribution is 7.15. The number of rotatable bonds is 4. The quantitative estimate of drug-likeness (QED) is 0.324. The molecular weight excluding hydrogens is 473 g/mol. The molecule has 2 aromatic carbocycles. The molecule has 0 bridgehead atoms. The summed E-state index contributed by atoms with van der Waals surface area (Å²) in [5.41, 5.74) is 4.90. The van der Waals surface area contributed by atoms with Gasteiger partial charge in [-0.25, -0.2) is 9.18 Å². The minimum Gasteiger partial charge on any atom is -0.492 e. The number of aryl methyl sites for hydroxylation is 1. The number of nitrogens with one attached hydrogen (secondary N) is 1. The highest BCUT2D eigenvalue weighted by Crippen LogP contribution is 2.44. The van der Waals surface area contributed by atoms with Crippen molar-refractivity contribution in [3.63, 3.8) is 0 Å². The van der Waals surface area contributed by atoms with Gasteiger partial charge >= 0.3 is 6.03 Å². The summed E-state index contributed by atoms with van der Waals surface area (Å²) in [5.74, 6) is 0.312. The van der Waals surface area contributed by atoms with Crippen LogP contribution in [-0.2, 0) is 19.4 Å². The fourth-order valence-corrected chi connectivity index (χ4v) is 6.86. The Hall–Kier alpha value is -3.58.